The summed E-state index contributed by atoms with van der Waals surface area (Å²) in [5.41, 5.74) is 3.07. The molecule has 2 rings (SSSR count). The molecule has 0 aromatic heterocycles. The van der Waals surface area contributed by atoms with Gasteiger partial charge in [0, 0.05) is 25.0 Å². The summed E-state index contributed by atoms with van der Waals surface area (Å²) in [6.07, 6.45) is 2.04. The zero-order chi connectivity index (χ0) is 28.7. The van der Waals surface area contributed by atoms with Gasteiger partial charge in [-0.15, -0.1) is 0 Å². The fraction of sp³-hybridized carbons (Fsp3) is 0.517. The highest BCUT2D eigenvalue weighted by molar-refractivity contribution is 7.92. The molecule has 0 saturated heterocycles. The number of carbonyl (C=O) groups is 2. The molecule has 1 atom stereocenters. The molecule has 1 unspecified atom stereocenters. The summed E-state index contributed by atoms with van der Waals surface area (Å²) in [7, 11) is -1.95. The fourth-order valence-electron chi connectivity index (χ4n) is 4.18. The van der Waals surface area contributed by atoms with E-state index in [2.05, 4.69) is 5.32 Å². The molecule has 2 aromatic rings. The molecule has 0 fully saturated rings. The lowest BCUT2D eigenvalue weighted by Gasteiger charge is -2.33. The Kier molecular flexibility index (Phi) is 10.8. The van der Waals surface area contributed by atoms with E-state index >= 15 is 0 Å². The van der Waals surface area contributed by atoms with Crippen molar-refractivity contribution in [3.8, 4) is 5.75 Å². The quantitative estimate of drug-likeness (QED) is 0.421. The first-order valence-electron chi connectivity index (χ1n) is 13.0. The molecule has 2 aromatic carbocycles. The summed E-state index contributed by atoms with van der Waals surface area (Å²) < 4.78 is 31.7. The lowest BCUT2D eigenvalue weighted by Crippen LogP contribution is -2.53. The van der Waals surface area contributed by atoms with E-state index in [4.69, 9.17) is 4.74 Å². The van der Waals surface area contributed by atoms with Gasteiger partial charge in [0.1, 0.15) is 11.8 Å². The largest absolute Gasteiger partial charge is 0.497 e. The number of methoxy groups -OCH3 is 1. The maximum Gasteiger partial charge on any atom is 0.243 e. The number of hydrogen-bond donors (Lipinski definition) is 1. The van der Waals surface area contributed by atoms with E-state index in [0.717, 1.165) is 16.7 Å². The molecule has 8 nitrogen and oxygen atoms in total. The van der Waals surface area contributed by atoms with Crippen LogP contribution in [0.5, 0.6) is 5.75 Å². The van der Waals surface area contributed by atoms with Crippen molar-refractivity contribution in [1.82, 2.24) is 10.2 Å². The number of ether oxygens (including phenoxy) is 1. The van der Waals surface area contributed by atoms with Crippen LogP contribution in [0.25, 0.3) is 0 Å². The van der Waals surface area contributed by atoms with E-state index < -0.39 is 21.6 Å². The number of carbonyl (C=O) groups excluding carboxylic acids is 2. The normalized spacial score (nSPS) is 12.5. The molecule has 0 bridgehead atoms. The molecule has 38 heavy (non-hydrogen) atoms. The van der Waals surface area contributed by atoms with E-state index in [1.807, 2.05) is 77.9 Å². The van der Waals surface area contributed by atoms with Crippen molar-refractivity contribution < 1.29 is 22.7 Å². The highest BCUT2D eigenvalue weighted by Gasteiger charge is 2.30. The maximum absolute atomic E-state index is 13.6. The number of amides is 2. The average molecular weight is 546 g/mol. The second-order valence-electron chi connectivity index (χ2n) is 10.7. The van der Waals surface area contributed by atoms with Gasteiger partial charge >= 0.3 is 0 Å². The van der Waals surface area contributed by atoms with Crippen molar-refractivity contribution in [3.05, 3.63) is 59.2 Å². The molecule has 2 amide bonds. The Hall–Kier alpha value is -3.07. The first-order chi connectivity index (χ1) is 17.7. The molecule has 0 heterocycles. The van der Waals surface area contributed by atoms with Crippen molar-refractivity contribution in [1.29, 1.82) is 0 Å². The van der Waals surface area contributed by atoms with Crippen LogP contribution < -0.4 is 14.4 Å². The third kappa shape index (κ3) is 9.04. The number of benzene rings is 2. The molecule has 0 aliphatic heterocycles. The highest BCUT2D eigenvalue weighted by atomic mass is 32.2. The van der Waals surface area contributed by atoms with Crippen LogP contribution >= 0.6 is 0 Å². The second-order valence-corrected chi connectivity index (χ2v) is 12.6. The van der Waals surface area contributed by atoms with Gasteiger partial charge in [-0.1, -0.05) is 25.1 Å². The van der Waals surface area contributed by atoms with Crippen LogP contribution in [0.3, 0.4) is 0 Å². The Morgan fingerprint density at radius 1 is 1.03 bits per heavy atom. The number of rotatable bonds is 12. The van der Waals surface area contributed by atoms with Gasteiger partial charge in [-0.2, -0.15) is 0 Å². The average Bonchev–Trinajstić information content (AvgIpc) is 2.82. The van der Waals surface area contributed by atoms with Gasteiger partial charge in [-0.05, 0) is 88.4 Å². The lowest BCUT2D eigenvalue weighted by molar-refractivity contribution is -0.142. The smallest absolute Gasteiger partial charge is 0.243 e. The molecule has 0 aliphatic carbocycles. The van der Waals surface area contributed by atoms with Crippen LogP contribution in [0.4, 0.5) is 5.69 Å². The number of hydrogen-bond acceptors (Lipinski definition) is 5. The van der Waals surface area contributed by atoms with E-state index in [-0.39, 0.29) is 31.3 Å². The van der Waals surface area contributed by atoms with Crippen molar-refractivity contribution in [3.63, 3.8) is 0 Å². The third-order valence-electron chi connectivity index (χ3n) is 6.33. The number of nitrogens with zero attached hydrogens (tertiary/aromatic N) is 2. The topological polar surface area (TPSA) is 96.0 Å². The molecule has 0 saturated carbocycles. The summed E-state index contributed by atoms with van der Waals surface area (Å²) >= 11 is 0. The predicted octanol–water partition coefficient (Wildman–Crippen LogP) is 4.58. The van der Waals surface area contributed by atoms with E-state index in [9.17, 15) is 18.0 Å². The number of nitrogens with one attached hydrogen (secondary N) is 1. The molecule has 0 radical (unpaired) electrons. The number of sulfonamides is 1. The van der Waals surface area contributed by atoms with E-state index in [1.54, 1.807) is 18.1 Å². The molecular weight excluding hydrogens is 502 g/mol. The summed E-state index contributed by atoms with van der Waals surface area (Å²) in [5, 5.41) is 2.99. The molecule has 210 valence electrons. The van der Waals surface area contributed by atoms with Crippen LogP contribution in [0, 0.1) is 13.8 Å². The second kappa shape index (κ2) is 13.1. The molecule has 0 aliphatic rings. The first-order valence-corrected chi connectivity index (χ1v) is 14.8. The Morgan fingerprint density at radius 2 is 1.66 bits per heavy atom. The minimum atomic E-state index is -3.54. The minimum absolute atomic E-state index is 0.103. The van der Waals surface area contributed by atoms with Crippen molar-refractivity contribution in [2.45, 2.75) is 78.9 Å². The van der Waals surface area contributed by atoms with Gasteiger partial charge in [0.15, 0.2) is 0 Å². The van der Waals surface area contributed by atoms with Crippen molar-refractivity contribution in [2.24, 2.45) is 0 Å². The lowest BCUT2D eigenvalue weighted by atomic mass is 10.0. The summed E-state index contributed by atoms with van der Waals surface area (Å²) in [5.74, 6) is 0.288. The van der Waals surface area contributed by atoms with Gasteiger partial charge in [0.2, 0.25) is 21.8 Å². The van der Waals surface area contributed by atoms with Crippen LogP contribution in [0.15, 0.2) is 42.5 Å². The predicted molar refractivity (Wildman–Crippen MR) is 153 cm³/mol. The standard InChI is InChI=1S/C29H43N3O5S/c1-9-26(28(34)30-29(4,5)6)31(20-23-13-16-25(37-7)17-14-23)27(33)11-10-18-32(38(8,35)36)24-15-12-21(2)22(3)19-24/h12-17,19,26H,9-11,18,20H2,1-8H3,(H,30,34). The molecule has 1 N–H and O–H groups in total. The summed E-state index contributed by atoms with van der Waals surface area (Å²) in [6, 6.07) is 12.3. The molecular formula is C29H43N3O5S. The van der Waals surface area contributed by atoms with Crippen molar-refractivity contribution >= 4 is 27.5 Å². The minimum Gasteiger partial charge on any atom is -0.497 e. The van der Waals surface area contributed by atoms with Crippen LogP contribution in [-0.2, 0) is 26.2 Å². The van der Waals surface area contributed by atoms with Gasteiger partial charge in [0.25, 0.3) is 0 Å². The van der Waals surface area contributed by atoms with Gasteiger partial charge in [0.05, 0.1) is 19.1 Å². The van der Waals surface area contributed by atoms with Gasteiger partial charge < -0.3 is 15.0 Å². The van der Waals surface area contributed by atoms with Crippen LogP contribution in [0.1, 0.15) is 63.6 Å². The first kappa shape index (κ1) is 31.1. The van der Waals surface area contributed by atoms with E-state index in [1.165, 1.54) is 10.6 Å². The zero-order valence-electron chi connectivity index (χ0n) is 24.0. The number of anilines is 1. The zero-order valence-corrected chi connectivity index (χ0v) is 24.8. The molecule has 9 heteroatoms. The van der Waals surface area contributed by atoms with Crippen molar-refractivity contribution in [2.75, 3.05) is 24.2 Å². The Balaban J connectivity index is 2.26. The Bertz CT molecular complexity index is 1200. The Morgan fingerprint density at radius 3 is 2.16 bits per heavy atom. The highest BCUT2D eigenvalue weighted by Crippen LogP contribution is 2.23. The monoisotopic (exact) mass is 545 g/mol. The number of aryl methyl sites for hydroxylation is 2. The van der Waals surface area contributed by atoms with Gasteiger partial charge in [-0.25, -0.2) is 8.42 Å². The van der Waals surface area contributed by atoms with E-state index in [0.29, 0.717) is 24.3 Å². The van der Waals surface area contributed by atoms with Crippen LogP contribution in [-0.4, -0.2) is 56.6 Å². The Labute approximate surface area is 228 Å². The summed E-state index contributed by atoms with van der Waals surface area (Å²) in [6.45, 7) is 11.9. The summed E-state index contributed by atoms with van der Waals surface area (Å²) in [4.78, 5) is 28.3. The SMILES string of the molecule is CCC(C(=O)NC(C)(C)C)N(Cc1ccc(OC)cc1)C(=O)CCCN(c1ccc(C)c(C)c1)S(C)(=O)=O. The third-order valence-corrected chi connectivity index (χ3v) is 7.52. The fourth-order valence-corrected chi connectivity index (χ4v) is 5.14. The van der Waals surface area contributed by atoms with Gasteiger partial charge in [-0.3, -0.25) is 13.9 Å². The maximum atomic E-state index is 13.6. The molecule has 0 spiro atoms. The van der Waals surface area contributed by atoms with Crippen LogP contribution in [0.2, 0.25) is 0 Å².